The maximum atomic E-state index is 13.0. The Morgan fingerprint density at radius 1 is 1.22 bits per heavy atom. The Morgan fingerprint density at radius 3 is 2.43 bits per heavy atom. The molecule has 23 heavy (non-hydrogen) atoms. The molecule has 1 atom stereocenters. The number of amides is 3. The van der Waals surface area contributed by atoms with Gasteiger partial charge >= 0.3 is 6.03 Å². The Morgan fingerprint density at radius 2 is 1.87 bits per heavy atom. The van der Waals surface area contributed by atoms with Gasteiger partial charge in [0.1, 0.15) is 11.9 Å². The van der Waals surface area contributed by atoms with Crippen LogP contribution in [0.4, 0.5) is 9.18 Å². The van der Waals surface area contributed by atoms with Gasteiger partial charge in [0.2, 0.25) is 0 Å². The Kier molecular flexibility index (Phi) is 8.26. The van der Waals surface area contributed by atoms with Crippen LogP contribution >= 0.6 is 0 Å². The van der Waals surface area contributed by atoms with Crippen LogP contribution in [-0.2, 0) is 4.79 Å². The second kappa shape index (κ2) is 9.94. The van der Waals surface area contributed by atoms with Gasteiger partial charge in [-0.15, -0.1) is 0 Å². The number of carbonyl (C=O) groups excluding carboxylic acids is 2. The summed E-state index contributed by atoms with van der Waals surface area (Å²) in [6.07, 6.45) is 1.86. The minimum Gasteiger partial charge on any atom is -0.338 e. The standard InChI is InChI=1S/C17H26FN3O2/c1-4-5-10-19-17(23)21-15(22)11-20-16(12(2)3)13-6-8-14(18)9-7-13/h6-9,12,16,20H,4-5,10-11H2,1-3H3,(H2,19,21,22,23)/p+1/t16-/m0/s1. The van der Waals surface area contributed by atoms with Crippen LogP contribution in [0.5, 0.6) is 0 Å². The van der Waals surface area contributed by atoms with E-state index in [0.717, 1.165) is 18.4 Å². The first-order valence-corrected chi connectivity index (χ1v) is 8.10. The summed E-state index contributed by atoms with van der Waals surface area (Å²) in [5, 5.41) is 6.82. The van der Waals surface area contributed by atoms with Crippen molar-refractivity contribution < 1.29 is 19.3 Å². The molecule has 0 aliphatic heterocycles. The fourth-order valence-corrected chi connectivity index (χ4v) is 2.31. The molecule has 0 saturated carbocycles. The molecule has 1 aromatic carbocycles. The maximum absolute atomic E-state index is 13.0. The lowest BCUT2D eigenvalue weighted by Gasteiger charge is -2.19. The van der Waals surface area contributed by atoms with Gasteiger partial charge in [-0.1, -0.05) is 39.3 Å². The molecule has 1 aromatic rings. The van der Waals surface area contributed by atoms with Crippen LogP contribution in [0.15, 0.2) is 24.3 Å². The zero-order chi connectivity index (χ0) is 17.2. The molecule has 6 heteroatoms. The number of quaternary nitrogens is 1. The van der Waals surface area contributed by atoms with Crippen molar-refractivity contribution in [2.45, 2.75) is 39.7 Å². The molecule has 0 unspecified atom stereocenters. The van der Waals surface area contributed by atoms with Crippen molar-refractivity contribution in [2.75, 3.05) is 13.1 Å². The van der Waals surface area contributed by atoms with Crippen molar-refractivity contribution in [3.05, 3.63) is 35.6 Å². The second-order valence-corrected chi connectivity index (χ2v) is 5.92. The fraction of sp³-hybridized carbons (Fsp3) is 0.529. The molecule has 4 N–H and O–H groups in total. The predicted octanol–water partition coefficient (Wildman–Crippen LogP) is 1.71. The normalized spacial score (nSPS) is 12.0. The Labute approximate surface area is 137 Å². The van der Waals surface area contributed by atoms with Gasteiger partial charge < -0.3 is 10.6 Å². The molecule has 0 aliphatic carbocycles. The number of carbonyl (C=O) groups is 2. The van der Waals surface area contributed by atoms with Crippen molar-refractivity contribution in [1.29, 1.82) is 0 Å². The van der Waals surface area contributed by atoms with Crippen molar-refractivity contribution in [3.63, 3.8) is 0 Å². The van der Waals surface area contributed by atoms with Gasteiger partial charge in [0.15, 0.2) is 6.54 Å². The number of unbranched alkanes of at least 4 members (excludes halogenated alkanes) is 1. The van der Waals surface area contributed by atoms with Crippen molar-refractivity contribution in [2.24, 2.45) is 5.92 Å². The first kappa shape index (κ1) is 19.1. The molecular weight excluding hydrogens is 297 g/mol. The highest BCUT2D eigenvalue weighted by atomic mass is 19.1. The molecule has 3 amide bonds. The van der Waals surface area contributed by atoms with E-state index in [9.17, 15) is 14.0 Å². The van der Waals surface area contributed by atoms with E-state index in [0.29, 0.717) is 6.54 Å². The summed E-state index contributed by atoms with van der Waals surface area (Å²) in [6.45, 7) is 6.81. The summed E-state index contributed by atoms with van der Waals surface area (Å²) in [6, 6.07) is 5.86. The minimum absolute atomic E-state index is 0.0319. The molecule has 0 spiro atoms. The highest BCUT2D eigenvalue weighted by molar-refractivity contribution is 5.94. The third-order valence-corrected chi connectivity index (χ3v) is 3.60. The number of rotatable bonds is 8. The summed E-state index contributed by atoms with van der Waals surface area (Å²) in [4.78, 5) is 23.4. The molecular formula is C17H27FN3O2+. The highest BCUT2D eigenvalue weighted by Crippen LogP contribution is 2.17. The smallest absolute Gasteiger partial charge is 0.321 e. The summed E-state index contributed by atoms with van der Waals surface area (Å²) >= 11 is 0. The molecule has 0 saturated heterocycles. The van der Waals surface area contributed by atoms with Gasteiger partial charge in [0.25, 0.3) is 5.91 Å². The summed E-state index contributed by atoms with van der Waals surface area (Å²) in [5.41, 5.74) is 0.960. The van der Waals surface area contributed by atoms with E-state index < -0.39 is 6.03 Å². The maximum Gasteiger partial charge on any atom is 0.321 e. The molecule has 1 rings (SSSR count). The van der Waals surface area contributed by atoms with Gasteiger partial charge in [0.05, 0.1) is 0 Å². The average Bonchev–Trinajstić information content (AvgIpc) is 2.49. The van der Waals surface area contributed by atoms with E-state index in [1.165, 1.54) is 12.1 Å². The van der Waals surface area contributed by atoms with Crippen LogP contribution in [0.3, 0.4) is 0 Å². The molecule has 0 aliphatic rings. The molecule has 0 bridgehead atoms. The van der Waals surface area contributed by atoms with E-state index in [1.54, 1.807) is 12.1 Å². The van der Waals surface area contributed by atoms with Crippen LogP contribution in [0.2, 0.25) is 0 Å². The van der Waals surface area contributed by atoms with E-state index in [4.69, 9.17) is 0 Å². The van der Waals surface area contributed by atoms with E-state index in [-0.39, 0.29) is 30.2 Å². The monoisotopic (exact) mass is 324 g/mol. The third kappa shape index (κ3) is 7.23. The molecule has 0 radical (unpaired) electrons. The van der Waals surface area contributed by atoms with Crippen molar-refractivity contribution in [1.82, 2.24) is 10.6 Å². The fourth-order valence-electron chi connectivity index (χ4n) is 2.31. The zero-order valence-corrected chi connectivity index (χ0v) is 14.1. The number of nitrogens with two attached hydrogens (primary N) is 1. The van der Waals surface area contributed by atoms with E-state index in [1.807, 2.05) is 26.1 Å². The lowest BCUT2D eigenvalue weighted by Crippen LogP contribution is -2.88. The molecule has 128 valence electrons. The third-order valence-electron chi connectivity index (χ3n) is 3.60. The number of hydrogen-bond donors (Lipinski definition) is 3. The molecule has 0 fully saturated rings. The lowest BCUT2D eigenvalue weighted by atomic mass is 9.96. The SMILES string of the molecule is CCCCNC(=O)NC(=O)C[NH2+][C@H](c1ccc(F)cc1)C(C)C. The van der Waals surface area contributed by atoms with Crippen LogP contribution in [-0.4, -0.2) is 25.0 Å². The number of urea groups is 1. The number of benzene rings is 1. The number of hydrogen-bond acceptors (Lipinski definition) is 2. The first-order chi connectivity index (χ1) is 10.9. The second-order valence-electron chi connectivity index (χ2n) is 5.92. The molecule has 5 nitrogen and oxygen atoms in total. The van der Waals surface area contributed by atoms with Gasteiger partial charge in [-0.25, -0.2) is 9.18 Å². The Hall–Kier alpha value is -1.95. The van der Waals surface area contributed by atoms with Crippen molar-refractivity contribution in [3.8, 4) is 0 Å². The van der Waals surface area contributed by atoms with E-state index >= 15 is 0 Å². The minimum atomic E-state index is -0.459. The van der Waals surface area contributed by atoms with Gasteiger partial charge in [-0.3, -0.25) is 10.1 Å². The van der Waals surface area contributed by atoms with Gasteiger partial charge in [-0.05, 0) is 18.6 Å². The largest absolute Gasteiger partial charge is 0.338 e. The Bertz CT molecular complexity index is 503. The summed E-state index contributed by atoms with van der Waals surface area (Å²) in [5.74, 6) is -0.351. The number of halogens is 1. The predicted molar refractivity (Wildman–Crippen MR) is 87.2 cm³/mol. The average molecular weight is 324 g/mol. The molecule has 0 aromatic heterocycles. The van der Waals surface area contributed by atoms with Crippen LogP contribution in [0.1, 0.15) is 45.2 Å². The van der Waals surface area contributed by atoms with Gasteiger partial charge in [-0.2, -0.15) is 0 Å². The van der Waals surface area contributed by atoms with Crippen LogP contribution in [0, 0.1) is 11.7 Å². The topological polar surface area (TPSA) is 74.8 Å². The number of imide groups is 1. The Balaban J connectivity index is 2.47. The molecule has 0 heterocycles. The summed E-state index contributed by atoms with van der Waals surface area (Å²) in [7, 11) is 0. The van der Waals surface area contributed by atoms with Crippen LogP contribution < -0.4 is 16.0 Å². The van der Waals surface area contributed by atoms with Gasteiger partial charge in [0, 0.05) is 18.0 Å². The lowest BCUT2D eigenvalue weighted by molar-refractivity contribution is -0.692. The zero-order valence-electron chi connectivity index (χ0n) is 14.1. The first-order valence-electron chi connectivity index (χ1n) is 8.10. The van der Waals surface area contributed by atoms with E-state index in [2.05, 4.69) is 10.6 Å². The highest BCUT2D eigenvalue weighted by Gasteiger charge is 2.21. The van der Waals surface area contributed by atoms with Crippen LogP contribution in [0.25, 0.3) is 0 Å². The quantitative estimate of drug-likeness (QED) is 0.637. The number of nitrogens with one attached hydrogen (secondary N) is 2. The summed E-state index contributed by atoms with van der Waals surface area (Å²) < 4.78 is 13.0. The van der Waals surface area contributed by atoms with Crippen molar-refractivity contribution >= 4 is 11.9 Å².